The molecule has 4 heterocycles. The molecule has 0 aliphatic carbocycles. The van der Waals surface area contributed by atoms with Crippen molar-refractivity contribution in [3.05, 3.63) is 68.0 Å². The lowest BCUT2D eigenvalue weighted by molar-refractivity contribution is 1.51. The summed E-state index contributed by atoms with van der Waals surface area (Å²) < 4.78 is 6.37. The van der Waals surface area contributed by atoms with Gasteiger partial charge in [-0.05, 0) is 124 Å². The number of aryl methyl sites for hydroxylation is 4. The van der Waals surface area contributed by atoms with Crippen molar-refractivity contribution >= 4 is 79.7 Å². The minimum atomic E-state index is -0.246. The Hall–Kier alpha value is -0.340. The Morgan fingerprint density at radius 3 is 0.929 bits per heavy atom. The van der Waals surface area contributed by atoms with Crippen molar-refractivity contribution in [2.45, 2.75) is 27.7 Å². The molecule has 4 aromatic heterocycles. The minimum absolute atomic E-state index is 0.246. The zero-order chi connectivity index (χ0) is 19.7. The fourth-order valence-electron chi connectivity index (χ4n) is 3.09. The van der Waals surface area contributed by atoms with E-state index in [9.17, 15) is 0 Å². The summed E-state index contributed by atoms with van der Waals surface area (Å²) in [5.41, 5.74) is 5.63. The highest BCUT2D eigenvalue weighted by Gasteiger charge is 2.23. The highest BCUT2D eigenvalue weighted by Crippen LogP contribution is 2.45. The van der Waals surface area contributed by atoms with Gasteiger partial charge in [0.1, 0.15) is 0 Å². The van der Waals surface area contributed by atoms with E-state index in [-0.39, 0.29) is 15.8 Å². The Balaban J connectivity index is 1.63. The molecule has 0 spiro atoms. The van der Waals surface area contributed by atoms with Gasteiger partial charge in [-0.3, -0.25) is 0 Å². The molecule has 0 saturated heterocycles. The molecule has 4 aromatic rings. The van der Waals surface area contributed by atoms with Gasteiger partial charge in [-0.2, -0.15) is 0 Å². The molecular formula is C22H24P2S4. The average Bonchev–Trinajstić information content (AvgIpc) is 3.43. The highest BCUT2D eigenvalue weighted by atomic mass is 32.1. The first-order chi connectivity index (χ1) is 13.5. The van der Waals surface area contributed by atoms with Crippen LogP contribution >= 0.6 is 61.2 Å². The van der Waals surface area contributed by atoms with Gasteiger partial charge < -0.3 is 0 Å². The zero-order valence-corrected chi connectivity index (χ0v) is 21.6. The molecule has 0 aromatic carbocycles. The first-order valence-corrected chi connectivity index (χ1v) is 15.8. The van der Waals surface area contributed by atoms with Gasteiger partial charge in [0, 0.05) is 18.5 Å². The van der Waals surface area contributed by atoms with Crippen molar-refractivity contribution in [2.24, 2.45) is 0 Å². The van der Waals surface area contributed by atoms with E-state index in [1.54, 1.807) is 18.5 Å². The first-order valence-electron chi connectivity index (χ1n) is 9.25. The molecule has 0 bridgehead atoms. The Morgan fingerprint density at radius 1 is 0.500 bits per heavy atom. The van der Waals surface area contributed by atoms with E-state index in [1.807, 2.05) is 45.3 Å². The number of hydrogen-bond acceptors (Lipinski definition) is 4. The van der Waals surface area contributed by atoms with E-state index in [2.05, 4.69) is 73.5 Å². The second-order valence-corrected chi connectivity index (χ2v) is 16.5. The SMILES string of the molecule is Cc1csc(P(CCP(c2cc(C)cs2)c2cc(C)cs2)c2cc(C)cs2)c1. The average molecular weight is 479 g/mol. The molecule has 146 valence electrons. The molecule has 28 heavy (non-hydrogen) atoms. The highest BCUT2D eigenvalue weighted by molar-refractivity contribution is 7.85. The number of hydrogen-bond donors (Lipinski definition) is 0. The standard InChI is InChI=1S/C22H24P2S4/c1-15-7-19(25-11-15)23(20-8-16(2)12-26-20)5-6-24(21-9-17(3)13-27-21)22-10-18(4)14-28-22/h7-14H,5-6H2,1-4H3. The molecular weight excluding hydrogens is 454 g/mol. The maximum Gasteiger partial charge on any atom is 0.0334 e. The van der Waals surface area contributed by atoms with Crippen molar-refractivity contribution in [1.29, 1.82) is 0 Å². The van der Waals surface area contributed by atoms with Gasteiger partial charge in [0.15, 0.2) is 0 Å². The van der Waals surface area contributed by atoms with Crippen molar-refractivity contribution in [2.75, 3.05) is 12.3 Å². The number of rotatable bonds is 7. The maximum atomic E-state index is 2.43. The summed E-state index contributed by atoms with van der Waals surface area (Å²) in [6, 6.07) is 9.72. The third-order valence-corrected chi connectivity index (χ3v) is 16.1. The lowest BCUT2D eigenvalue weighted by Gasteiger charge is -2.19. The van der Waals surface area contributed by atoms with Crippen LogP contribution in [0, 0.1) is 27.7 Å². The second-order valence-electron chi connectivity index (χ2n) is 7.15. The quantitative estimate of drug-likeness (QED) is 0.258. The van der Waals surface area contributed by atoms with Crippen LogP contribution in [0.3, 0.4) is 0 Å². The second kappa shape index (κ2) is 9.21. The number of thiophene rings is 4. The van der Waals surface area contributed by atoms with Crippen LogP contribution in [-0.2, 0) is 0 Å². The molecule has 6 heteroatoms. The van der Waals surface area contributed by atoms with Crippen LogP contribution < -0.4 is 18.5 Å². The van der Waals surface area contributed by atoms with Gasteiger partial charge in [-0.25, -0.2) is 0 Å². The van der Waals surface area contributed by atoms with Gasteiger partial charge in [-0.15, -0.1) is 45.3 Å². The largest absolute Gasteiger partial charge is 0.143 e. The van der Waals surface area contributed by atoms with Crippen molar-refractivity contribution in [1.82, 2.24) is 0 Å². The maximum absolute atomic E-state index is 2.43. The molecule has 0 nitrogen and oxygen atoms in total. The topological polar surface area (TPSA) is 0 Å². The van der Waals surface area contributed by atoms with Gasteiger partial charge in [0.2, 0.25) is 0 Å². The zero-order valence-electron chi connectivity index (χ0n) is 16.6. The normalized spacial score (nSPS) is 11.8. The summed E-state index contributed by atoms with van der Waals surface area (Å²) in [6.45, 7) is 8.90. The Morgan fingerprint density at radius 2 is 0.750 bits per heavy atom. The van der Waals surface area contributed by atoms with Gasteiger partial charge in [0.05, 0.1) is 0 Å². The third kappa shape index (κ3) is 4.86. The molecule has 0 fully saturated rings. The molecule has 0 saturated carbocycles. The van der Waals surface area contributed by atoms with Crippen LogP contribution in [0.15, 0.2) is 45.8 Å². The van der Waals surface area contributed by atoms with E-state index in [0.29, 0.717) is 0 Å². The summed E-state index contributed by atoms with van der Waals surface area (Å²) in [6.07, 6.45) is 2.57. The Bertz CT molecular complexity index is 887. The fraction of sp³-hybridized carbons (Fsp3) is 0.273. The summed E-state index contributed by atoms with van der Waals surface area (Å²) in [4.78, 5) is 0. The molecule has 0 radical (unpaired) electrons. The van der Waals surface area contributed by atoms with Crippen LogP contribution in [0.4, 0.5) is 0 Å². The van der Waals surface area contributed by atoms with E-state index >= 15 is 0 Å². The third-order valence-electron chi connectivity index (χ3n) is 4.48. The van der Waals surface area contributed by atoms with Crippen molar-refractivity contribution < 1.29 is 0 Å². The van der Waals surface area contributed by atoms with Crippen LogP contribution in [0.1, 0.15) is 22.3 Å². The minimum Gasteiger partial charge on any atom is -0.143 e. The van der Waals surface area contributed by atoms with Gasteiger partial charge in [0.25, 0.3) is 0 Å². The van der Waals surface area contributed by atoms with E-state index < -0.39 is 0 Å². The Kier molecular flexibility index (Phi) is 6.88. The van der Waals surface area contributed by atoms with E-state index in [0.717, 1.165) is 0 Å². The summed E-state index contributed by atoms with van der Waals surface area (Å²) in [5.74, 6) is 0. The monoisotopic (exact) mass is 478 g/mol. The molecule has 0 atom stereocenters. The Labute approximate surface area is 186 Å². The van der Waals surface area contributed by atoms with Crippen molar-refractivity contribution in [3.63, 3.8) is 0 Å². The van der Waals surface area contributed by atoms with Crippen LogP contribution in [0.25, 0.3) is 0 Å². The lowest BCUT2D eigenvalue weighted by atomic mass is 10.4. The van der Waals surface area contributed by atoms with Crippen molar-refractivity contribution in [3.8, 4) is 0 Å². The molecule has 4 rings (SSSR count). The van der Waals surface area contributed by atoms with Gasteiger partial charge in [-0.1, -0.05) is 0 Å². The lowest BCUT2D eigenvalue weighted by Crippen LogP contribution is -2.15. The molecule has 0 aliphatic rings. The van der Waals surface area contributed by atoms with E-state index in [4.69, 9.17) is 0 Å². The molecule has 0 N–H and O–H groups in total. The molecule has 0 unspecified atom stereocenters. The van der Waals surface area contributed by atoms with Gasteiger partial charge >= 0.3 is 0 Å². The van der Waals surface area contributed by atoms with E-state index in [1.165, 1.54) is 34.6 Å². The summed E-state index contributed by atoms with van der Waals surface area (Å²) in [5, 5.41) is 9.27. The predicted molar refractivity (Wildman–Crippen MR) is 138 cm³/mol. The first kappa shape index (κ1) is 20.9. The molecule has 0 aliphatic heterocycles. The fourth-order valence-corrected chi connectivity index (χ4v) is 15.2. The summed E-state index contributed by atoms with van der Waals surface area (Å²) >= 11 is 7.84. The van der Waals surface area contributed by atoms with Crippen LogP contribution in [0.5, 0.6) is 0 Å². The smallest absolute Gasteiger partial charge is 0.0334 e. The molecule has 0 amide bonds. The van der Waals surface area contributed by atoms with Crippen LogP contribution in [0.2, 0.25) is 0 Å². The summed E-state index contributed by atoms with van der Waals surface area (Å²) in [7, 11) is -0.493. The van der Waals surface area contributed by atoms with Crippen LogP contribution in [-0.4, -0.2) is 12.3 Å². The predicted octanol–water partition coefficient (Wildman–Crippen LogP) is 6.73.